The van der Waals surface area contributed by atoms with E-state index in [4.69, 9.17) is 9.47 Å². The molecule has 0 atom stereocenters. The fourth-order valence-corrected chi connectivity index (χ4v) is 3.70. The number of hydrogen-bond donors (Lipinski definition) is 0. The van der Waals surface area contributed by atoms with Gasteiger partial charge in [-0.25, -0.2) is 4.79 Å². The minimum Gasteiger partial charge on any atom is -0.493 e. The number of benzene rings is 2. The van der Waals surface area contributed by atoms with Gasteiger partial charge in [-0.3, -0.25) is 14.5 Å². The summed E-state index contributed by atoms with van der Waals surface area (Å²) in [6.07, 6.45) is 1.51. The largest absolute Gasteiger partial charge is 0.493 e. The zero-order valence-corrected chi connectivity index (χ0v) is 17.6. The van der Waals surface area contributed by atoms with Gasteiger partial charge in [-0.05, 0) is 35.5 Å². The zero-order chi connectivity index (χ0) is 22.4. The number of carbonyl (C=O) groups is 3. The Balaban J connectivity index is 1.89. The highest BCUT2D eigenvalue weighted by atomic mass is 32.2. The number of nitrogens with zero attached hydrogens (tertiary/aromatic N) is 2. The monoisotopic (exact) mass is 438 g/mol. The summed E-state index contributed by atoms with van der Waals surface area (Å²) in [7, 11) is 2.69. The van der Waals surface area contributed by atoms with Gasteiger partial charge in [-0.15, -0.1) is 0 Å². The molecule has 0 aliphatic carbocycles. The number of rotatable bonds is 7. The molecule has 1 saturated heterocycles. The van der Waals surface area contributed by atoms with Crippen LogP contribution in [0.15, 0.2) is 47.4 Å². The molecule has 0 radical (unpaired) electrons. The number of nitriles is 1. The fraction of sp³-hybridized carbons (Fsp3) is 0.182. The first-order chi connectivity index (χ1) is 15.0. The third kappa shape index (κ3) is 4.87. The van der Waals surface area contributed by atoms with Gasteiger partial charge in [0.2, 0.25) is 0 Å². The average Bonchev–Trinajstić information content (AvgIpc) is 3.05. The molecule has 2 aromatic carbocycles. The van der Waals surface area contributed by atoms with Crippen LogP contribution < -0.4 is 9.47 Å². The van der Waals surface area contributed by atoms with E-state index in [-0.39, 0.29) is 23.8 Å². The summed E-state index contributed by atoms with van der Waals surface area (Å²) in [5.74, 6) is -0.449. The van der Waals surface area contributed by atoms with Gasteiger partial charge in [0.1, 0.15) is 0 Å². The van der Waals surface area contributed by atoms with E-state index in [1.807, 2.05) is 0 Å². The molecule has 0 saturated carbocycles. The van der Waals surface area contributed by atoms with E-state index in [1.54, 1.807) is 42.5 Å². The first kappa shape index (κ1) is 21.9. The highest BCUT2D eigenvalue weighted by Crippen LogP contribution is 2.38. The standard InChI is InChI=1S/C22H18N2O6S/c1-28-17-9-5-8-14(20(17)30-13-19(25)29-2)10-18-21(26)24(22(27)31-18)12-16-7-4-3-6-15(16)11-23/h3-10H,12-13H2,1-2H3/b18-10+. The number of thioether (sulfide) groups is 1. The summed E-state index contributed by atoms with van der Waals surface area (Å²) in [5.41, 5.74) is 1.44. The van der Waals surface area contributed by atoms with E-state index in [9.17, 15) is 19.6 Å². The Labute approximate surface area is 183 Å². The number of carbonyl (C=O) groups excluding carboxylic acids is 3. The molecule has 9 heteroatoms. The topological polar surface area (TPSA) is 106 Å². The molecule has 8 nitrogen and oxygen atoms in total. The van der Waals surface area contributed by atoms with Gasteiger partial charge in [0.25, 0.3) is 11.1 Å². The van der Waals surface area contributed by atoms with Gasteiger partial charge < -0.3 is 14.2 Å². The van der Waals surface area contributed by atoms with E-state index in [2.05, 4.69) is 10.8 Å². The molecule has 1 aliphatic rings. The maximum Gasteiger partial charge on any atom is 0.343 e. The molecule has 1 fully saturated rings. The molecule has 2 amide bonds. The SMILES string of the molecule is COC(=O)COc1c(/C=C2/SC(=O)N(Cc3ccccc3C#N)C2=O)cccc1OC. The minimum absolute atomic E-state index is 0.00442. The third-order valence-corrected chi connectivity index (χ3v) is 5.33. The zero-order valence-electron chi connectivity index (χ0n) is 16.8. The third-order valence-electron chi connectivity index (χ3n) is 4.42. The van der Waals surface area contributed by atoms with Gasteiger partial charge in [0.05, 0.1) is 37.3 Å². The molecule has 3 rings (SSSR count). The van der Waals surface area contributed by atoms with Gasteiger partial charge in [0.15, 0.2) is 18.1 Å². The lowest BCUT2D eigenvalue weighted by atomic mass is 10.1. The Kier molecular flexibility index (Phi) is 6.95. The van der Waals surface area contributed by atoms with E-state index in [1.165, 1.54) is 20.3 Å². The van der Waals surface area contributed by atoms with Crippen molar-refractivity contribution in [3.05, 3.63) is 64.1 Å². The van der Waals surface area contributed by atoms with Crippen LogP contribution in [0.1, 0.15) is 16.7 Å². The van der Waals surface area contributed by atoms with Crippen LogP contribution in [0, 0.1) is 11.3 Å². The lowest BCUT2D eigenvalue weighted by molar-refractivity contribution is -0.143. The number of amides is 2. The van der Waals surface area contributed by atoms with E-state index in [0.29, 0.717) is 22.4 Å². The normalized spacial score (nSPS) is 14.5. The van der Waals surface area contributed by atoms with Crippen LogP contribution in [-0.2, 0) is 20.9 Å². The van der Waals surface area contributed by atoms with Crippen molar-refractivity contribution in [2.24, 2.45) is 0 Å². The smallest absolute Gasteiger partial charge is 0.343 e. The maximum absolute atomic E-state index is 12.9. The Morgan fingerprint density at radius 3 is 2.65 bits per heavy atom. The summed E-state index contributed by atoms with van der Waals surface area (Å²) < 4.78 is 15.4. The lowest BCUT2D eigenvalue weighted by Gasteiger charge is -2.14. The van der Waals surface area contributed by atoms with Crippen LogP contribution in [0.3, 0.4) is 0 Å². The van der Waals surface area contributed by atoms with Crippen molar-refractivity contribution in [1.29, 1.82) is 5.26 Å². The fourth-order valence-electron chi connectivity index (χ4n) is 2.87. The van der Waals surface area contributed by atoms with Crippen LogP contribution in [0.25, 0.3) is 6.08 Å². The maximum atomic E-state index is 12.9. The molecule has 0 spiro atoms. The van der Waals surface area contributed by atoms with Crippen LogP contribution >= 0.6 is 11.8 Å². The molecule has 0 unspecified atom stereocenters. The van der Waals surface area contributed by atoms with Crippen LogP contribution in [0.2, 0.25) is 0 Å². The van der Waals surface area contributed by atoms with Gasteiger partial charge in [-0.2, -0.15) is 5.26 Å². The molecular weight excluding hydrogens is 420 g/mol. The van der Waals surface area contributed by atoms with Gasteiger partial charge in [0, 0.05) is 5.56 Å². The molecular formula is C22H18N2O6S. The number of ether oxygens (including phenoxy) is 3. The predicted octanol–water partition coefficient (Wildman–Crippen LogP) is 3.36. The van der Waals surface area contributed by atoms with E-state index < -0.39 is 17.1 Å². The Hall–Kier alpha value is -3.77. The summed E-state index contributed by atoms with van der Waals surface area (Å²) in [5, 5.41) is 8.80. The first-order valence-electron chi connectivity index (χ1n) is 9.08. The number of para-hydroxylation sites is 1. The number of hydrogen-bond acceptors (Lipinski definition) is 8. The van der Waals surface area contributed by atoms with Crippen molar-refractivity contribution < 1.29 is 28.6 Å². The molecule has 0 aromatic heterocycles. The number of methoxy groups -OCH3 is 2. The van der Waals surface area contributed by atoms with E-state index >= 15 is 0 Å². The predicted molar refractivity (Wildman–Crippen MR) is 113 cm³/mol. The summed E-state index contributed by atoms with van der Waals surface area (Å²) in [6, 6.07) is 13.9. The van der Waals surface area contributed by atoms with Crippen molar-refractivity contribution in [3.8, 4) is 17.6 Å². The van der Waals surface area contributed by atoms with E-state index in [0.717, 1.165) is 16.7 Å². The summed E-state index contributed by atoms with van der Waals surface area (Å²) in [6.45, 7) is -0.348. The summed E-state index contributed by atoms with van der Waals surface area (Å²) in [4.78, 5) is 38.1. The first-order valence-corrected chi connectivity index (χ1v) is 9.90. The Bertz CT molecular complexity index is 1110. The Morgan fingerprint density at radius 2 is 1.94 bits per heavy atom. The molecule has 158 valence electrons. The highest BCUT2D eigenvalue weighted by molar-refractivity contribution is 8.18. The average molecular weight is 438 g/mol. The van der Waals surface area contributed by atoms with Crippen molar-refractivity contribution in [2.75, 3.05) is 20.8 Å². The van der Waals surface area contributed by atoms with Crippen LogP contribution in [-0.4, -0.2) is 42.8 Å². The number of imide groups is 1. The van der Waals surface area contributed by atoms with Crippen LogP contribution in [0.5, 0.6) is 11.5 Å². The van der Waals surface area contributed by atoms with Gasteiger partial charge in [-0.1, -0.05) is 30.3 Å². The second-order valence-electron chi connectivity index (χ2n) is 6.28. The molecule has 1 heterocycles. The lowest BCUT2D eigenvalue weighted by Crippen LogP contribution is -2.27. The Morgan fingerprint density at radius 1 is 1.16 bits per heavy atom. The van der Waals surface area contributed by atoms with Crippen molar-refractivity contribution in [2.45, 2.75) is 6.54 Å². The quantitative estimate of drug-likeness (QED) is 0.479. The van der Waals surface area contributed by atoms with Crippen molar-refractivity contribution in [1.82, 2.24) is 4.90 Å². The van der Waals surface area contributed by atoms with Crippen molar-refractivity contribution in [3.63, 3.8) is 0 Å². The van der Waals surface area contributed by atoms with Gasteiger partial charge >= 0.3 is 5.97 Å². The molecule has 0 bridgehead atoms. The summed E-state index contributed by atoms with van der Waals surface area (Å²) >= 11 is 0.788. The molecule has 1 aliphatic heterocycles. The second kappa shape index (κ2) is 9.82. The second-order valence-corrected chi connectivity index (χ2v) is 7.27. The minimum atomic E-state index is -0.576. The van der Waals surface area contributed by atoms with Crippen molar-refractivity contribution >= 4 is 35.0 Å². The molecule has 0 N–H and O–H groups in total. The van der Waals surface area contributed by atoms with Crippen LogP contribution in [0.4, 0.5) is 4.79 Å². The molecule has 2 aromatic rings. The number of esters is 1. The molecule has 31 heavy (non-hydrogen) atoms. The highest BCUT2D eigenvalue weighted by Gasteiger charge is 2.35.